The first-order valence-electron chi connectivity index (χ1n) is 4.03. The number of aryl methyl sites for hydroxylation is 1. The fourth-order valence-electron chi connectivity index (χ4n) is 1.11. The van der Waals surface area contributed by atoms with Crippen LogP contribution in [-0.2, 0) is 4.79 Å². The number of anilines is 1. The second-order valence-electron chi connectivity index (χ2n) is 2.88. The Hall–Kier alpha value is -1.34. The minimum Gasteiger partial charge on any atom is -0.325 e. The van der Waals surface area contributed by atoms with E-state index in [1.165, 1.54) is 0 Å². The van der Waals surface area contributed by atoms with Gasteiger partial charge in [-0.05, 0) is 30.7 Å². The topological polar surface area (TPSA) is 52.9 Å². The molecule has 14 heavy (non-hydrogen) atoms. The van der Waals surface area contributed by atoms with Crippen LogP contribution in [0, 0.1) is 18.3 Å². The van der Waals surface area contributed by atoms with Gasteiger partial charge in [0.15, 0.2) is 0 Å². The first kappa shape index (κ1) is 10.7. The quantitative estimate of drug-likeness (QED) is 0.821. The van der Waals surface area contributed by atoms with E-state index >= 15 is 0 Å². The Morgan fingerprint density at radius 2 is 2.29 bits per heavy atom. The van der Waals surface area contributed by atoms with Crippen LogP contribution in [0.15, 0.2) is 18.2 Å². The van der Waals surface area contributed by atoms with Crippen molar-refractivity contribution >= 4 is 27.5 Å². The van der Waals surface area contributed by atoms with Crippen LogP contribution in [0.5, 0.6) is 0 Å². The molecular weight excluding hydrogens is 244 g/mol. The SMILES string of the molecule is Cc1cc(C#N)cc(NC(=O)CBr)c1. The van der Waals surface area contributed by atoms with Crippen LogP contribution in [0.3, 0.4) is 0 Å². The molecule has 0 spiro atoms. The molecule has 0 atom stereocenters. The number of halogens is 1. The number of nitrogens with zero attached hydrogens (tertiary/aromatic N) is 1. The summed E-state index contributed by atoms with van der Waals surface area (Å²) in [6.45, 7) is 1.88. The maximum Gasteiger partial charge on any atom is 0.235 e. The molecule has 1 amide bonds. The van der Waals surface area contributed by atoms with Crippen LogP contribution in [0.2, 0.25) is 0 Å². The molecular formula is C10H9BrN2O. The zero-order valence-electron chi connectivity index (χ0n) is 7.67. The standard InChI is InChI=1S/C10H9BrN2O/c1-7-2-8(6-12)4-9(3-7)13-10(14)5-11/h2-4H,5H2,1H3,(H,13,14). The molecule has 1 N–H and O–H groups in total. The lowest BCUT2D eigenvalue weighted by atomic mass is 10.1. The van der Waals surface area contributed by atoms with E-state index < -0.39 is 0 Å². The molecule has 0 aliphatic rings. The molecule has 1 rings (SSSR count). The lowest BCUT2D eigenvalue weighted by Gasteiger charge is -2.04. The fourth-order valence-corrected chi connectivity index (χ4v) is 1.25. The van der Waals surface area contributed by atoms with Gasteiger partial charge in [0, 0.05) is 5.69 Å². The molecule has 3 nitrogen and oxygen atoms in total. The minimum atomic E-state index is -0.125. The van der Waals surface area contributed by atoms with Crippen LogP contribution in [-0.4, -0.2) is 11.2 Å². The number of carbonyl (C=O) groups excluding carboxylic acids is 1. The van der Waals surface area contributed by atoms with E-state index in [1.54, 1.807) is 12.1 Å². The third kappa shape index (κ3) is 2.86. The highest BCUT2D eigenvalue weighted by molar-refractivity contribution is 9.09. The summed E-state index contributed by atoms with van der Waals surface area (Å²) < 4.78 is 0. The smallest absolute Gasteiger partial charge is 0.235 e. The van der Waals surface area contributed by atoms with Crippen LogP contribution in [0.25, 0.3) is 0 Å². The third-order valence-electron chi connectivity index (χ3n) is 1.61. The van der Waals surface area contributed by atoms with Crippen molar-refractivity contribution in [2.24, 2.45) is 0 Å². The number of nitrogens with one attached hydrogen (secondary N) is 1. The second-order valence-corrected chi connectivity index (χ2v) is 3.44. The Morgan fingerprint density at radius 3 is 2.86 bits per heavy atom. The number of benzene rings is 1. The van der Waals surface area contributed by atoms with Crippen molar-refractivity contribution in [1.82, 2.24) is 0 Å². The molecule has 0 saturated carbocycles. The Labute approximate surface area is 90.9 Å². The predicted octanol–water partition coefficient (Wildman–Crippen LogP) is 2.20. The molecule has 0 saturated heterocycles. The maximum atomic E-state index is 11.1. The molecule has 0 bridgehead atoms. The van der Waals surface area contributed by atoms with Crippen molar-refractivity contribution in [2.75, 3.05) is 10.6 Å². The van der Waals surface area contributed by atoms with Gasteiger partial charge >= 0.3 is 0 Å². The van der Waals surface area contributed by atoms with Crippen molar-refractivity contribution < 1.29 is 4.79 Å². The first-order chi connectivity index (χ1) is 6.65. The van der Waals surface area contributed by atoms with E-state index in [-0.39, 0.29) is 11.2 Å². The summed E-state index contributed by atoms with van der Waals surface area (Å²) in [6, 6.07) is 7.27. The van der Waals surface area contributed by atoms with Crippen molar-refractivity contribution in [1.29, 1.82) is 5.26 Å². The Kier molecular flexibility index (Phi) is 3.66. The average molecular weight is 253 g/mol. The van der Waals surface area contributed by atoms with Gasteiger partial charge in [-0.3, -0.25) is 4.79 Å². The molecule has 0 fully saturated rings. The Balaban J connectivity index is 2.93. The monoisotopic (exact) mass is 252 g/mol. The Bertz CT molecular complexity index is 396. The van der Waals surface area contributed by atoms with Gasteiger partial charge in [0.05, 0.1) is 17.0 Å². The number of amides is 1. The summed E-state index contributed by atoms with van der Waals surface area (Å²) in [6.07, 6.45) is 0. The molecule has 0 aliphatic carbocycles. The lowest BCUT2D eigenvalue weighted by Crippen LogP contribution is -2.12. The van der Waals surface area contributed by atoms with E-state index in [0.717, 1.165) is 5.56 Å². The van der Waals surface area contributed by atoms with Crippen molar-refractivity contribution in [3.63, 3.8) is 0 Å². The normalized spacial score (nSPS) is 9.21. The highest BCUT2D eigenvalue weighted by atomic mass is 79.9. The molecule has 0 unspecified atom stereocenters. The number of carbonyl (C=O) groups is 1. The number of nitriles is 1. The van der Waals surface area contributed by atoms with Crippen molar-refractivity contribution in [2.45, 2.75) is 6.92 Å². The summed E-state index contributed by atoms with van der Waals surface area (Å²) in [5.41, 5.74) is 2.16. The summed E-state index contributed by atoms with van der Waals surface area (Å²) in [5.74, 6) is -0.125. The maximum absolute atomic E-state index is 11.1. The van der Waals surface area contributed by atoms with Crippen molar-refractivity contribution in [3.8, 4) is 6.07 Å². The summed E-state index contributed by atoms with van der Waals surface area (Å²) in [7, 11) is 0. The van der Waals surface area contributed by atoms with Crippen LogP contribution >= 0.6 is 15.9 Å². The molecule has 0 heterocycles. The number of rotatable bonds is 2. The largest absolute Gasteiger partial charge is 0.325 e. The van der Waals surface area contributed by atoms with Crippen LogP contribution < -0.4 is 5.32 Å². The number of hydrogen-bond acceptors (Lipinski definition) is 2. The van der Waals surface area contributed by atoms with E-state index in [4.69, 9.17) is 5.26 Å². The minimum absolute atomic E-state index is 0.125. The predicted molar refractivity (Wildman–Crippen MR) is 58.3 cm³/mol. The van der Waals surface area contributed by atoms with Gasteiger partial charge < -0.3 is 5.32 Å². The van der Waals surface area contributed by atoms with E-state index in [9.17, 15) is 4.79 Å². The van der Waals surface area contributed by atoms with Crippen LogP contribution in [0.1, 0.15) is 11.1 Å². The molecule has 0 aliphatic heterocycles. The van der Waals surface area contributed by atoms with Crippen molar-refractivity contribution in [3.05, 3.63) is 29.3 Å². The van der Waals surface area contributed by atoms with Gasteiger partial charge in [-0.1, -0.05) is 15.9 Å². The van der Waals surface area contributed by atoms with E-state index in [0.29, 0.717) is 11.3 Å². The summed E-state index contributed by atoms with van der Waals surface area (Å²) in [5, 5.41) is 11.6. The van der Waals surface area contributed by atoms with Crippen LogP contribution in [0.4, 0.5) is 5.69 Å². The molecule has 1 aromatic carbocycles. The molecule has 1 aromatic rings. The third-order valence-corrected chi connectivity index (χ3v) is 2.12. The highest BCUT2D eigenvalue weighted by Gasteiger charge is 2.01. The molecule has 0 aromatic heterocycles. The van der Waals surface area contributed by atoms with Gasteiger partial charge in [0.2, 0.25) is 5.91 Å². The molecule has 0 radical (unpaired) electrons. The fraction of sp³-hybridized carbons (Fsp3) is 0.200. The van der Waals surface area contributed by atoms with Gasteiger partial charge in [0.25, 0.3) is 0 Å². The number of hydrogen-bond donors (Lipinski definition) is 1. The average Bonchev–Trinajstić information content (AvgIpc) is 2.16. The summed E-state index contributed by atoms with van der Waals surface area (Å²) >= 11 is 3.05. The van der Waals surface area contributed by atoms with Gasteiger partial charge in [-0.2, -0.15) is 5.26 Å². The lowest BCUT2D eigenvalue weighted by molar-refractivity contribution is -0.113. The summed E-state index contributed by atoms with van der Waals surface area (Å²) in [4.78, 5) is 11.1. The number of alkyl halides is 1. The zero-order chi connectivity index (χ0) is 10.6. The van der Waals surface area contributed by atoms with Gasteiger partial charge in [0.1, 0.15) is 0 Å². The van der Waals surface area contributed by atoms with Gasteiger partial charge in [-0.15, -0.1) is 0 Å². The van der Waals surface area contributed by atoms with Gasteiger partial charge in [-0.25, -0.2) is 0 Å². The molecule has 72 valence electrons. The zero-order valence-corrected chi connectivity index (χ0v) is 9.26. The first-order valence-corrected chi connectivity index (χ1v) is 5.15. The van der Waals surface area contributed by atoms with E-state index in [2.05, 4.69) is 21.2 Å². The highest BCUT2D eigenvalue weighted by Crippen LogP contribution is 2.13. The molecule has 4 heteroatoms. The second kappa shape index (κ2) is 4.77. The Morgan fingerprint density at radius 1 is 1.57 bits per heavy atom. The van der Waals surface area contributed by atoms with E-state index in [1.807, 2.05) is 19.1 Å².